The van der Waals surface area contributed by atoms with E-state index < -0.39 is 0 Å². The highest BCUT2D eigenvalue weighted by atomic mass is 19.1. The predicted molar refractivity (Wildman–Crippen MR) is 116 cm³/mol. The van der Waals surface area contributed by atoms with E-state index >= 15 is 0 Å². The molecule has 1 aliphatic rings. The quantitative estimate of drug-likeness (QED) is 0.232. The summed E-state index contributed by atoms with van der Waals surface area (Å²) in [5.74, 6) is 0.858. The van der Waals surface area contributed by atoms with Crippen molar-refractivity contribution in [3.63, 3.8) is 0 Å². The first-order valence-corrected chi connectivity index (χ1v) is 12.0. The van der Waals surface area contributed by atoms with Crippen LogP contribution in [-0.2, 0) is 4.74 Å². The van der Waals surface area contributed by atoms with Gasteiger partial charge in [0.15, 0.2) is 0 Å². The summed E-state index contributed by atoms with van der Waals surface area (Å²) in [5.41, 5.74) is 0.417. The summed E-state index contributed by atoms with van der Waals surface area (Å²) in [6.07, 6.45) is 18.8. The fourth-order valence-electron chi connectivity index (χ4n) is 4.66. The number of halogens is 1. The first kappa shape index (κ1) is 24.9. The molecule has 2 unspecified atom stereocenters. The lowest BCUT2D eigenvalue weighted by atomic mass is 9.86. The maximum absolute atomic E-state index is 12.0. The van der Waals surface area contributed by atoms with Crippen molar-refractivity contribution in [2.24, 2.45) is 5.92 Å². The van der Waals surface area contributed by atoms with E-state index in [4.69, 9.17) is 4.74 Å². The lowest BCUT2D eigenvalue weighted by molar-refractivity contribution is 0.101. The Morgan fingerprint density at radius 2 is 1.56 bits per heavy atom. The van der Waals surface area contributed by atoms with E-state index in [9.17, 15) is 4.39 Å². The molecule has 0 aromatic rings. The molecule has 0 amide bonds. The van der Waals surface area contributed by atoms with Gasteiger partial charge in [-0.2, -0.15) is 0 Å². The SMILES string of the molecule is CCCCCCCC(C)(CCCCC)N1CCC(CCCCOCCF)C1. The number of ether oxygens (including phenoxy) is 1. The zero-order valence-electron chi connectivity index (χ0n) is 18.7. The van der Waals surface area contributed by atoms with E-state index in [-0.39, 0.29) is 13.3 Å². The molecule has 1 heterocycles. The normalized spacial score (nSPS) is 20.2. The van der Waals surface area contributed by atoms with Gasteiger partial charge in [-0.3, -0.25) is 4.90 Å². The third-order valence-corrected chi connectivity index (χ3v) is 6.56. The van der Waals surface area contributed by atoms with Gasteiger partial charge in [0.2, 0.25) is 0 Å². The summed E-state index contributed by atoms with van der Waals surface area (Å²) >= 11 is 0. The van der Waals surface area contributed by atoms with Crippen molar-refractivity contribution in [2.75, 3.05) is 33.0 Å². The highest BCUT2D eigenvalue weighted by Crippen LogP contribution is 2.35. The minimum atomic E-state index is -0.355. The van der Waals surface area contributed by atoms with Crippen molar-refractivity contribution < 1.29 is 9.13 Å². The van der Waals surface area contributed by atoms with E-state index in [0.717, 1.165) is 18.9 Å². The molecule has 1 fully saturated rings. The molecule has 3 heteroatoms. The van der Waals surface area contributed by atoms with Gasteiger partial charge in [0, 0.05) is 18.7 Å². The zero-order valence-corrected chi connectivity index (χ0v) is 18.7. The molecule has 0 aromatic heterocycles. The van der Waals surface area contributed by atoms with Crippen LogP contribution in [-0.4, -0.2) is 43.4 Å². The van der Waals surface area contributed by atoms with E-state index in [1.165, 1.54) is 96.6 Å². The van der Waals surface area contributed by atoms with Gasteiger partial charge >= 0.3 is 0 Å². The Labute approximate surface area is 169 Å². The van der Waals surface area contributed by atoms with Gasteiger partial charge in [-0.1, -0.05) is 71.6 Å². The van der Waals surface area contributed by atoms with Crippen LogP contribution in [0.5, 0.6) is 0 Å². The zero-order chi connectivity index (χ0) is 19.8. The third kappa shape index (κ3) is 10.8. The molecule has 2 atom stereocenters. The highest BCUT2D eigenvalue weighted by Gasteiger charge is 2.35. The van der Waals surface area contributed by atoms with E-state index in [1.54, 1.807) is 0 Å². The molecule has 0 spiro atoms. The van der Waals surface area contributed by atoms with Crippen molar-refractivity contribution in [3.8, 4) is 0 Å². The van der Waals surface area contributed by atoms with Crippen molar-refractivity contribution >= 4 is 0 Å². The summed E-state index contributed by atoms with van der Waals surface area (Å²) in [7, 11) is 0. The Morgan fingerprint density at radius 3 is 2.26 bits per heavy atom. The fourth-order valence-corrected chi connectivity index (χ4v) is 4.66. The molecular formula is C24H48FNO. The van der Waals surface area contributed by atoms with Crippen LogP contribution >= 0.6 is 0 Å². The predicted octanol–water partition coefficient (Wildman–Crippen LogP) is 7.16. The van der Waals surface area contributed by atoms with Crippen LogP contribution in [0, 0.1) is 5.92 Å². The number of rotatable bonds is 18. The van der Waals surface area contributed by atoms with Crippen molar-refractivity contribution in [1.29, 1.82) is 0 Å². The van der Waals surface area contributed by atoms with Gasteiger partial charge in [-0.25, -0.2) is 4.39 Å². The lowest BCUT2D eigenvalue weighted by Gasteiger charge is -2.40. The molecule has 0 bridgehead atoms. The second kappa shape index (κ2) is 15.7. The van der Waals surface area contributed by atoms with E-state index in [0.29, 0.717) is 5.54 Å². The van der Waals surface area contributed by atoms with Crippen LogP contribution < -0.4 is 0 Å². The molecule has 2 nitrogen and oxygen atoms in total. The third-order valence-electron chi connectivity index (χ3n) is 6.56. The maximum Gasteiger partial charge on any atom is 0.113 e. The van der Waals surface area contributed by atoms with Crippen molar-refractivity contribution in [1.82, 2.24) is 4.90 Å². The van der Waals surface area contributed by atoms with Crippen LogP contribution in [0.4, 0.5) is 4.39 Å². The second-order valence-electron chi connectivity index (χ2n) is 9.02. The van der Waals surface area contributed by atoms with Gasteiger partial charge in [0.05, 0.1) is 6.61 Å². The van der Waals surface area contributed by atoms with E-state index in [1.807, 2.05) is 0 Å². The number of alkyl halides is 1. The van der Waals surface area contributed by atoms with Crippen LogP contribution in [0.3, 0.4) is 0 Å². The van der Waals surface area contributed by atoms with Gasteiger partial charge in [-0.05, 0) is 51.5 Å². The molecule has 0 aromatic carbocycles. The topological polar surface area (TPSA) is 12.5 Å². The minimum Gasteiger partial charge on any atom is -0.379 e. The maximum atomic E-state index is 12.0. The average Bonchev–Trinajstić information content (AvgIpc) is 3.14. The Hall–Kier alpha value is -0.150. The first-order valence-electron chi connectivity index (χ1n) is 12.0. The number of hydrogen-bond donors (Lipinski definition) is 0. The van der Waals surface area contributed by atoms with Crippen molar-refractivity contribution in [3.05, 3.63) is 0 Å². The summed E-state index contributed by atoms with van der Waals surface area (Å²) < 4.78 is 17.3. The smallest absolute Gasteiger partial charge is 0.113 e. The van der Waals surface area contributed by atoms with Crippen LogP contribution in [0.2, 0.25) is 0 Å². The molecule has 0 N–H and O–H groups in total. The number of nitrogens with zero attached hydrogens (tertiary/aromatic N) is 1. The van der Waals surface area contributed by atoms with Gasteiger partial charge in [-0.15, -0.1) is 0 Å². The summed E-state index contributed by atoms with van der Waals surface area (Å²) in [6.45, 7) is 10.4. The standard InChI is InChI=1S/C24H48FNO/c1-4-6-8-9-12-17-24(3,16-11-7-5-2)26-19-15-23(22-26)14-10-13-20-27-21-18-25/h23H,4-22H2,1-3H3. The Bertz CT molecular complexity index is 338. The number of likely N-dealkylation sites (tertiary alicyclic amines) is 1. The van der Waals surface area contributed by atoms with Gasteiger partial charge in [0.1, 0.15) is 6.67 Å². The Balaban J connectivity index is 2.36. The summed E-state index contributed by atoms with van der Waals surface area (Å²) in [6, 6.07) is 0. The van der Waals surface area contributed by atoms with Crippen LogP contribution in [0.25, 0.3) is 0 Å². The lowest BCUT2D eigenvalue weighted by Crippen LogP contribution is -2.45. The molecule has 1 aliphatic heterocycles. The Morgan fingerprint density at radius 1 is 0.889 bits per heavy atom. The first-order chi connectivity index (χ1) is 13.2. The molecule has 27 heavy (non-hydrogen) atoms. The molecular weight excluding hydrogens is 337 g/mol. The molecule has 0 radical (unpaired) electrons. The second-order valence-corrected chi connectivity index (χ2v) is 9.02. The van der Waals surface area contributed by atoms with Crippen molar-refractivity contribution in [2.45, 2.75) is 116 Å². The molecule has 1 saturated heterocycles. The fraction of sp³-hybridized carbons (Fsp3) is 1.00. The number of unbranched alkanes of at least 4 members (excludes halogenated alkanes) is 7. The van der Waals surface area contributed by atoms with Gasteiger partial charge in [0.25, 0.3) is 0 Å². The van der Waals surface area contributed by atoms with Crippen LogP contribution in [0.1, 0.15) is 111 Å². The Kier molecular flexibility index (Phi) is 14.5. The minimum absolute atomic E-state index is 0.269. The molecule has 0 aliphatic carbocycles. The summed E-state index contributed by atoms with van der Waals surface area (Å²) in [4.78, 5) is 2.84. The largest absolute Gasteiger partial charge is 0.379 e. The summed E-state index contributed by atoms with van der Waals surface area (Å²) in [5, 5.41) is 0. The molecule has 162 valence electrons. The monoisotopic (exact) mass is 385 g/mol. The molecule has 1 rings (SSSR count). The van der Waals surface area contributed by atoms with E-state index in [2.05, 4.69) is 25.7 Å². The van der Waals surface area contributed by atoms with Gasteiger partial charge < -0.3 is 4.74 Å². The molecule has 0 saturated carbocycles. The van der Waals surface area contributed by atoms with Crippen LogP contribution in [0.15, 0.2) is 0 Å². The highest BCUT2D eigenvalue weighted by molar-refractivity contribution is 4.91. The number of hydrogen-bond acceptors (Lipinski definition) is 2. The average molecular weight is 386 g/mol.